The van der Waals surface area contributed by atoms with E-state index in [2.05, 4.69) is 4.98 Å². The Morgan fingerprint density at radius 1 is 1.14 bits per heavy atom. The van der Waals surface area contributed by atoms with E-state index in [0.29, 0.717) is 0 Å². The van der Waals surface area contributed by atoms with Gasteiger partial charge in [-0.05, 0) is 36.4 Å². The number of aromatic nitrogens is 1. The van der Waals surface area contributed by atoms with E-state index in [1.54, 1.807) is 0 Å². The molecule has 1 aromatic carbocycles. The number of alkyl halides is 3. The Morgan fingerprint density at radius 2 is 1.76 bits per heavy atom. The van der Waals surface area contributed by atoms with E-state index >= 15 is 0 Å². The van der Waals surface area contributed by atoms with Gasteiger partial charge >= 0.3 is 12.1 Å². The number of hydrogen-bond donors (Lipinski definition) is 1. The number of hydrogen-bond acceptors (Lipinski definition) is 3. The van der Waals surface area contributed by atoms with Crippen molar-refractivity contribution in [3.8, 4) is 11.6 Å². The van der Waals surface area contributed by atoms with E-state index in [4.69, 9.17) is 21.4 Å². The number of rotatable bonds is 3. The number of pyridine rings is 1. The lowest BCUT2D eigenvalue weighted by molar-refractivity contribution is -0.137. The van der Waals surface area contributed by atoms with Gasteiger partial charge in [0, 0.05) is 0 Å². The van der Waals surface area contributed by atoms with Gasteiger partial charge in [-0.3, -0.25) is 0 Å². The van der Waals surface area contributed by atoms with E-state index in [1.807, 2.05) is 0 Å². The average molecular weight is 318 g/mol. The highest BCUT2D eigenvalue weighted by Gasteiger charge is 2.30. The maximum Gasteiger partial charge on any atom is 0.416 e. The number of carboxylic acids is 1. The van der Waals surface area contributed by atoms with Gasteiger partial charge in [0.15, 0.2) is 0 Å². The Balaban J connectivity index is 2.30. The summed E-state index contributed by atoms with van der Waals surface area (Å²) in [5.74, 6) is -1.57. The Hall–Kier alpha value is -2.28. The molecule has 21 heavy (non-hydrogen) atoms. The predicted molar refractivity (Wildman–Crippen MR) is 67.7 cm³/mol. The molecule has 0 aliphatic rings. The molecule has 2 aromatic rings. The number of halogens is 4. The van der Waals surface area contributed by atoms with Crippen molar-refractivity contribution in [3.63, 3.8) is 0 Å². The van der Waals surface area contributed by atoms with E-state index < -0.39 is 17.7 Å². The number of carboxylic acid groups (broad SMARTS) is 1. The molecule has 0 aliphatic heterocycles. The largest absolute Gasteiger partial charge is 0.477 e. The predicted octanol–water partition coefficient (Wildman–Crippen LogP) is 4.24. The minimum atomic E-state index is -4.46. The van der Waals surface area contributed by atoms with Crippen molar-refractivity contribution in [2.75, 3.05) is 0 Å². The van der Waals surface area contributed by atoms with Crippen LogP contribution in [0.15, 0.2) is 36.4 Å². The normalized spacial score (nSPS) is 11.2. The lowest BCUT2D eigenvalue weighted by Crippen LogP contribution is -2.05. The zero-order valence-corrected chi connectivity index (χ0v) is 10.9. The van der Waals surface area contributed by atoms with Crippen LogP contribution in [-0.2, 0) is 6.18 Å². The quantitative estimate of drug-likeness (QED) is 0.860. The summed E-state index contributed by atoms with van der Waals surface area (Å²) in [6.45, 7) is 0. The van der Waals surface area contributed by atoms with Gasteiger partial charge in [-0.2, -0.15) is 13.2 Å². The first-order chi connectivity index (χ1) is 9.77. The van der Waals surface area contributed by atoms with Crippen molar-refractivity contribution in [1.82, 2.24) is 4.98 Å². The van der Waals surface area contributed by atoms with Gasteiger partial charge in [-0.1, -0.05) is 11.6 Å². The molecule has 0 aliphatic carbocycles. The molecule has 0 atom stereocenters. The minimum Gasteiger partial charge on any atom is -0.477 e. The van der Waals surface area contributed by atoms with Gasteiger partial charge in [-0.25, -0.2) is 9.78 Å². The Kier molecular flexibility index (Phi) is 4.04. The number of benzene rings is 1. The van der Waals surface area contributed by atoms with Crippen LogP contribution in [0.3, 0.4) is 0 Å². The number of nitrogens with zero attached hydrogens (tertiary/aromatic N) is 1. The molecule has 0 saturated heterocycles. The van der Waals surface area contributed by atoms with Crippen LogP contribution in [0.4, 0.5) is 13.2 Å². The SMILES string of the molecule is O=C(O)c1ccc(Cl)nc1Oc1ccc(C(F)(F)F)cc1. The molecule has 2 rings (SSSR count). The third-order valence-electron chi connectivity index (χ3n) is 2.45. The molecule has 0 saturated carbocycles. The molecule has 1 heterocycles. The number of carbonyl (C=O) groups is 1. The lowest BCUT2D eigenvalue weighted by Gasteiger charge is -2.10. The van der Waals surface area contributed by atoms with Crippen molar-refractivity contribution in [2.24, 2.45) is 0 Å². The van der Waals surface area contributed by atoms with Gasteiger partial charge in [0.25, 0.3) is 0 Å². The lowest BCUT2D eigenvalue weighted by atomic mass is 10.2. The molecule has 1 N–H and O–H groups in total. The zero-order chi connectivity index (χ0) is 15.6. The van der Waals surface area contributed by atoms with Gasteiger partial charge in [-0.15, -0.1) is 0 Å². The maximum absolute atomic E-state index is 12.4. The van der Waals surface area contributed by atoms with Crippen molar-refractivity contribution >= 4 is 17.6 Å². The highest BCUT2D eigenvalue weighted by molar-refractivity contribution is 6.29. The van der Waals surface area contributed by atoms with Crippen LogP contribution in [0.1, 0.15) is 15.9 Å². The van der Waals surface area contributed by atoms with Gasteiger partial charge in [0.1, 0.15) is 16.5 Å². The van der Waals surface area contributed by atoms with Crippen LogP contribution in [0, 0.1) is 0 Å². The first-order valence-corrected chi connectivity index (χ1v) is 5.90. The molecule has 8 heteroatoms. The molecule has 0 amide bonds. The van der Waals surface area contributed by atoms with Crippen LogP contribution in [0.25, 0.3) is 0 Å². The Morgan fingerprint density at radius 3 is 2.29 bits per heavy atom. The molecule has 0 radical (unpaired) electrons. The first kappa shape index (κ1) is 15.1. The van der Waals surface area contributed by atoms with E-state index in [0.717, 1.165) is 24.3 Å². The molecule has 0 fully saturated rings. The summed E-state index contributed by atoms with van der Waals surface area (Å²) < 4.78 is 42.4. The van der Waals surface area contributed by atoms with Crippen molar-refractivity contribution in [3.05, 3.63) is 52.7 Å². The third kappa shape index (κ3) is 3.63. The summed E-state index contributed by atoms with van der Waals surface area (Å²) in [6, 6.07) is 6.23. The first-order valence-electron chi connectivity index (χ1n) is 5.52. The van der Waals surface area contributed by atoms with Crippen LogP contribution in [0.2, 0.25) is 5.15 Å². The molecule has 1 aromatic heterocycles. The Bertz CT molecular complexity index is 671. The van der Waals surface area contributed by atoms with Gasteiger partial charge in [0.05, 0.1) is 5.56 Å². The summed E-state index contributed by atoms with van der Waals surface area (Å²) >= 11 is 5.64. The molecule has 0 spiro atoms. The number of aromatic carboxylic acids is 1. The second-order valence-corrected chi connectivity index (χ2v) is 4.30. The smallest absolute Gasteiger partial charge is 0.416 e. The summed E-state index contributed by atoms with van der Waals surface area (Å²) in [5, 5.41) is 8.98. The second kappa shape index (κ2) is 5.61. The second-order valence-electron chi connectivity index (χ2n) is 3.92. The fraction of sp³-hybridized carbons (Fsp3) is 0.0769. The molecule has 110 valence electrons. The van der Waals surface area contributed by atoms with Crippen molar-refractivity contribution in [2.45, 2.75) is 6.18 Å². The van der Waals surface area contributed by atoms with Crippen LogP contribution in [-0.4, -0.2) is 16.1 Å². The molecular formula is C13H7ClF3NO3. The van der Waals surface area contributed by atoms with Crippen molar-refractivity contribution < 1.29 is 27.8 Å². The zero-order valence-electron chi connectivity index (χ0n) is 10.2. The topological polar surface area (TPSA) is 59.4 Å². The molecule has 4 nitrogen and oxygen atoms in total. The van der Waals surface area contributed by atoms with E-state index in [1.165, 1.54) is 12.1 Å². The standard InChI is InChI=1S/C13H7ClF3NO3/c14-10-6-5-9(12(19)20)11(18-10)21-8-3-1-7(2-4-8)13(15,16)17/h1-6H,(H,19,20). The maximum atomic E-state index is 12.4. The van der Waals surface area contributed by atoms with E-state index in [9.17, 15) is 18.0 Å². The third-order valence-corrected chi connectivity index (χ3v) is 2.66. The van der Waals surface area contributed by atoms with Crippen LogP contribution in [0.5, 0.6) is 11.6 Å². The molecular weight excluding hydrogens is 311 g/mol. The highest BCUT2D eigenvalue weighted by atomic mass is 35.5. The van der Waals surface area contributed by atoms with Crippen LogP contribution >= 0.6 is 11.6 Å². The monoisotopic (exact) mass is 317 g/mol. The fourth-order valence-corrected chi connectivity index (χ4v) is 1.62. The van der Waals surface area contributed by atoms with Gasteiger partial charge in [0.2, 0.25) is 5.88 Å². The summed E-state index contributed by atoms with van der Waals surface area (Å²) in [4.78, 5) is 14.7. The van der Waals surface area contributed by atoms with Crippen molar-refractivity contribution in [1.29, 1.82) is 0 Å². The molecule has 0 unspecified atom stereocenters. The van der Waals surface area contributed by atoms with Crippen LogP contribution < -0.4 is 4.74 Å². The average Bonchev–Trinajstić information content (AvgIpc) is 2.38. The highest BCUT2D eigenvalue weighted by Crippen LogP contribution is 2.32. The fourth-order valence-electron chi connectivity index (χ4n) is 1.48. The summed E-state index contributed by atoms with van der Waals surface area (Å²) in [5.41, 5.74) is -1.09. The van der Waals surface area contributed by atoms with Gasteiger partial charge < -0.3 is 9.84 Å². The number of ether oxygens (including phenoxy) is 1. The molecule has 0 bridgehead atoms. The summed E-state index contributed by atoms with van der Waals surface area (Å²) in [6.07, 6.45) is -4.46. The Labute approximate surface area is 121 Å². The summed E-state index contributed by atoms with van der Waals surface area (Å²) in [7, 11) is 0. The minimum absolute atomic E-state index is 0.00177. The van der Waals surface area contributed by atoms with E-state index in [-0.39, 0.29) is 22.3 Å².